The molecule has 1 N–H and O–H groups in total. The Balaban J connectivity index is 1.62. The maximum absolute atomic E-state index is 13.3. The van der Waals surface area contributed by atoms with Gasteiger partial charge in [-0.25, -0.2) is 13.1 Å². The second-order valence-corrected chi connectivity index (χ2v) is 10.0. The van der Waals surface area contributed by atoms with Gasteiger partial charge in [0.2, 0.25) is 15.9 Å². The summed E-state index contributed by atoms with van der Waals surface area (Å²) in [6.07, 6.45) is 6.42. The van der Waals surface area contributed by atoms with Gasteiger partial charge in [0, 0.05) is 19.0 Å². The standard InChI is InChI=1S/C24H30N2O4S/c1-3-21(19-11-10-17-7-4-5-8-18(17)15-19)25-31(28,29)20-12-13-23(30-2)22(16-20)26-14-6-9-24(26)27/h10-13,15-16,21,25H,3-9,14H2,1-2H3. The molecule has 0 spiro atoms. The third-order valence-electron chi connectivity index (χ3n) is 6.31. The molecule has 1 heterocycles. The molecule has 4 rings (SSSR count). The van der Waals surface area contributed by atoms with E-state index in [1.54, 1.807) is 17.0 Å². The predicted octanol–water partition coefficient (Wildman–Crippen LogP) is 4.13. The highest BCUT2D eigenvalue weighted by Gasteiger charge is 2.28. The smallest absolute Gasteiger partial charge is 0.241 e. The van der Waals surface area contributed by atoms with Crippen molar-refractivity contribution in [3.63, 3.8) is 0 Å². The van der Waals surface area contributed by atoms with Crippen molar-refractivity contribution in [2.45, 2.75) is 62.8 Å². The molecule has 2 aromatic carbocycles. The average Bonchev–Trinajstić information content (AvgIpc) is 3.22. The van der Waals surface area contributed by atoms with E-state index in [0.717, 1.165) is 24.8 Å². The van der Waals surface area contributed by atoms with Crippen molar-refractivity contribution in [2.24, 2.45) is 0 Å². The molecule has 1 atom stereocenters. The Bertz CT molecular complexity index is 1080. The van der Waals surface area contributed by atoms with Crippen molar-refractivity contribution in [2.75, 3.05) is 18.6 Å². The van der Waals surface area contributed by atoms with Crippen molar-refractivity contribution >= 4 is 21.6 Å². The predicted molar refractivity (Wildman–Crippen MR) is 121 cm³/mol. The van der Waals surface area contributed by atoms with Gasteiger partial charge in [-0.05, 0) is 73.4 Å². The number of amides is 1. The molecule has 6 nitrogen and oxygen atoms in total. The highest BCUT2D eigenvalue weighted by molar-refractivity contribution is 7.89. The van der Waals surface area contributed by atoms with Crippen molar-refractivity contribution in [1.29, 1.82) is 0 Å². The van der Waals surface area contributed by atoms with Gasteiger partial charge >= 0.3 is 0 Å². The van der Waals surface area contributed by atoms with Gasteiger partial charge in [0.15, 0.2) is 0 Å². The van der Waals surface area contributed by atoms with Crippen LogP contribution < -0.4 is 14.4 Å². The summed E-state index contributed by atoms with van der Waals surface area (Å²) in [5.74, 6) is 0.484. The number of fused-ring (bicyclic) bond motifs is 1. The summed E-state index contributed by atoms with van der Waals surface area (Å²) in [4.78, 5) is 14.0. The highest BCUT2D eigenvalue weighted by atomic mass is 32.2. The van der Waals surface area contributed by atoms with E-state index in [1.165, 1.54) is 37.1 Å². The Morgan fingerprint density at radius 1 is 1.03 bits per heavy atom. The normalized spacial score (nSPS) is 17.5. The van der Waals surface area contributed by atoms with E-state index < -0.39 is 10.0 Å². The lowest BCUT2D eigenvalue weighted by Crippen LogP contribution is -2.29. The van der Waals surface area contributed by atoms with E-state index in [0.29, 0.717) is 30.8 Å². The monoisotopic (exact) mass is 442 g/mol. The van der Waals surface area contributed by atoms with E-state index in [4.69, 9.17) is 4.74 Å². The van der Waals surface area contributed by atoms with Crippen LogP contribution in [0.3, 0.4) is 0 Å². The average molecular weight is 443 g/mol. The topological polar surface area (TPSA) is 75.7 Å². The summed E-state index contributed by atoms with van der Waals surface area (Å²) in [6, 6.07) is 10.7. The molecule has 1 unspecified atom stereocenters. The summed E-state index contributed by atoms with van der Waals surface area (Å²) in [5.41, 5.74) is 4.22. The van der Waals surface area contributed by atoms with Crippen LogP contribution in [0.5, 0.6) is 5.75 Å². The summed E-state index contributed by atoms with van der Waals surface area (Å²) in [6.45, 7) is 2.55. The van der Waals surface area contributed by atoms with Gasteiger partial charge < -0.3 is 9.64 Å². The van der Waals surface area contributed by atoms with Crippen LogP contribution in [0.4, 0.5) is 5.69 Å². The molecule has 1 aliphatic carbocycles. The van der Waals surface area contributed by atoms with Gasteiger partial charge in [0.25, 0.3) is 0 Å². The van der Waals surface area contributed by atoms with Crippen molar-refractivity contribution < 1.29 is 17.9 Å². The maximum atomic E-state index is 13.3. The van der Waals surface area contributed by atoms with E-state index in [1.807, 2.05) is 13.0 Å². The van der Waals surface area contributed by atoms with Gasteiger partial charge in [-0.2, -0.15) is 0 Å². The number of nitrogens with zero attached hydrogens (tertiary/aromatic N) is 1. The molecule has 1 aliphatic heterocycles. The van der Waals surface area contributed by atoms with Crippen LogP contribution in [0.1, 0.15) is 61.8 Å². The fourth-order valence-electron chi connectivity index (χ4n) is 4.56. The van der Waals surface area contributed by atoms with Crippen LogP contribution in [-0.2, 0) is 27.7 Å². The second-order valence-electron chi connectivity index (χ2n) is 8.30. The lowest BCUT2D eigenvalue weighted by molar-refractivity contribution is -0.117. The minimum Gasteiger partial charge on any atom is -0.495 e. The Hall–Kier alpha value is -2.38. The molecule has 31 heavy (non-hydrogen) atoms. The first-order chi connectivity index (χ1) is 14.9. The third kappa shape index (κ3) is 4.48. The molecular formula is C24H30N2O4S. The molecule has 2 aliphatic rings. The lowest BCUT2D eigenvalue weighted by atomic mass is 9.89. The lowest BCUT2D eigenvalue weighted by Gasteiger charge is -2.23. The molecule has 1 fully saturated rings. The third-order valence-corrected chi connectivity index (χ3v) is 7.77. The fraction of sp³-hybridized carbons (Fsp3) is 0.458. The first-order valence-corrected chi connectivity index (χ1v) is 12.5. The first-order valence-electron chi connectivity index (χ1n) is 11.1. The zero-order chi connectivity index (χ0) is 22.0. The maximum Gasteiger partial charge on any atom is 0.241 e. The Morgan fingerprint density at radius 2 is 1.81 bits per heavy atom. The number of hydrogen-bond acceptors (Lipinski definition) is 4. The molecule has 1 saturated heterocycles. The molecular weight excluding hydrogens is 412 g/mol. The SMILES string of the molecule is CCC(NS(=O)(=O)c1ccc(OC)c(N2CCCC2=O)c1)c1ccc2c(c1)CCCC2. The number of aryl methyl sites for hydroxylation is 2. The zero-order valence-corrected chi connectivity index (χ0v) is 19.0. The largest absolute Gasteiger partial charge is 0.495 e. The highest BCUT2D eigenvalue weighted by Crippen LogP contribution is 2.34. The van der Waals surface area contributed by atoms with Crippen LogP contribution in [0.2, 0.25) is 0 Å². The van der Waals surface area contributed by atoms with Gasteiger partial charge in [-0.3, -0.25) is 4.79 Å². The zero-order valence-electron chi connectivity index (χ0n) is 18.2. The van der Waals surface area contributed by atoms with Gasteiger partial charge in [0.05, 0.1) is 17.7 Å². The van der Waals surface area contributed by atoms with Crippen LogP contribution in [0, 0.1) is 0 Å². The van der Waals surface area contributed by atoms with Crippen LogP contribution >= 0.6 is 0 Å². The molecule has 0 aromatic heterocycles. The Kier molecular flexibility index (Phi) is 6.34. The number of benzene rings is 2. The molecule has 0 saturated carbocycles. The van der Waals surface area contributed by atoms with Gasteiger partial charge in [0.1, 0.15) is 5.75 Å². The number of carbonyl (C=O) groups is 1. The number of methoxy groups -OCH3 is 1. The van der Waals surface area contributed by atoms with Crippen LogP contribution in [0.15, 0.2) is 41.3 Å². The van der Waals surface area contributed by atoms with Crippen molar-refractivity contribution in [3.8, 4) is 5.75 Å². The minimum absolute atomic E-state index is 0.0127. The molecule has 1 amide bonds. The molecule has 2 aromatic rings. The Labute approximate surface area is 184 Å². The van der Waals surface area contributed by atoms with Gasteiger partial charge in [-0.1, -0.05) is 25.1 Å². The second kappa shape index (κ2) is 9.01. The number of hydrogen-bond donors (Lipinski definition) is 1. The van der Waals surface area contributed by atoms with E-state index >= 15 is 0 Å². The number of carbonyl (C=O) groups excluding carboxylic acids is 1. The van der Waals surface area contributed by atoms with Crippen LogP contribution in [-0.4, -0.2) is 28.0 Å². The Morgan fingerprint density at radius 3 is 2.48 bits per heavy atom. The van der Waals surface area contributed by atoms with E-state index in [2.05, 4.69) is 16.9 Å². The minimum atomic E-state index is -3.78. The molecule has 0 bridgehead atoms. The number of nitrogens with one attached hydrogen (secondary N) is 1. The summed E-state index contributed by atoms with van der Waals surface area (Å²) in [7, 11) is -2.26. The van der Waals surface area contributed by atoms with Crippen molar-refractivity contribution in [3.05, 3.63) is 53.1 Å². The van der Waals surface area contributed by atoms with Crippen LogP contribution in [0.25, 0.3) is 0 Å². The quantitative estimate of drug-likeness (QED) is 0.700. The van der Waals surface area contributed by atoms with Crippen molar-refractivity contribution in [1.82, 2.24) is 4.72 Å². The number of sulfonamides is 1. The van der Waals surface area contributed by atoms with E-state index in [9.17, 15) is 13.2 Å². The molecule has 7 heteroatoms. The first kappa shape index (κ1) is 21.8. The number of rotatable bonds is 7. The summed E-state index contributed by atoms with van der Waals surface area (Å²) < 4.78 is 34.8. The summed E-state index contributed by atoms with van der Waals surface area (Å²) >= 11 is 0. The molecule has 0 radical (unpaired) electrons. The summed E-state index contributed by atoms with van der Waals surface area (Å²) in [5, 5.41) is 0. The van der Waals surface area contributed by atoms with E-state index in [-0.39, 0.29) is 16.8 Å². The molecule has 166 valence electrons. The number of anilines is 1. The fourth-order valence-corrected chi connectivity index (χ4v) is 5.89. The number of ether oxygens (including phenoxy) is 1. The van der Waals surface area contributed by atoms with Gasteiger partial charge in [-0.15, -0.1) is 0 Å².